The van der Waals surface area contributed by atoms with Gasteiger partial charge in [0.2, 0.25) is 0 Å². The third kappa shape index (κ3) is 2.78. The van der Waals surface area contributed by atoms with Gasteiger partial charge >= 0.3 is 0 Å². The van der Waals surface area contributed by atoms with Crippen molar-refractivity contribution in [1.29, 1.82) is 0 Å². The monoisotopic (exact) mass is 237 g/mol. The van der Waals surface area contributed by atoms with Crippen LogP contribution in [0.15, 0.2) is 29.2 Å². The predicted molar refractivity (Wildman–Crippen MR) is 68.7 cm³/mol. The minimum absolute atomic E-state index is 0.248. The molecule has 88 valence electrons. The number of rotatable bonds is 3. The third-order valence-electron chi connectivity index (χ3n) is 3.10. The molecule has 0 spiro atoms. The highest BCUT2D eigenvalue weighted by Gasteiger charge is 2.22. The fourth-order valence-corrected chi connectivity index (χ4v) is 2.54. The lowest BCUT2D eigenvalue weighted by Gasteiger charge is -2.29. The molecule has 1 saturated heterocycles. The second kappa shape index (κ2) is 5.71. The van der Waals surface area contributed by atoms with Gasteiger partial charge in [0.05, 0.1) is 12.2 Å². The molecule has 2 N–H and O–H groups in total. The summed E-state index contributed by atoms with van der Waals surface area (Å²) in [5.74, 6) is 0. The molecule has 0 aliphatic carbocycles. The Bertz CT molecular complexity index is 325. The Kier molecular flexibility index (Phi) is 4.27. The molecule has 1 aromatic carbocycles. The fraction of sp³-hybridized carbons (Fsp3) is 0.538. The van der Waals surface area contributed by atoms with E-state index in [0.717, 1.165) is 12.8 Å². The highest BCUT2D eigenvalue weighted by Crippen LogP contribution is 2.31. The molecule has 0 saturated carbocycles. The predicted octanol–water partition coefficient (Wildman–Crippen LogP) is 2.98. The van der Waals surface area contributed by atoms with Crippen LogP contribution in [0, 0.1) is 0 Å². The molecule has 16 heavy (non-hydrogen) atoms. The summed E-state index contributed by atoms with van der Waals surface area (Å²) in [6.45, 7) is 0.638. The van der Waals surface area contributed by atoms with Crippen molar-refractivity contribution >= 4 is 11.8 Å². The molecule has 1 aliphatic rings. The van der Waals surface area contributed by atoms with E-state index in [4.69, 9.17) is 10.5 Å². The summed E-state index contributed by atoms with van der Waals surface area (Å²) in [6.07, 6.45) is 6.04. The van der Waals surface area contributed by atoms with Crippen LogP contribution in [0.5, 0.6) is 0 Å². The lowest BCUT2D eigenvalue weighted by Crippen LogP contribution is -2.29. The van der Waals surface area contributed by atoms with E-state index in [1.54, 1.807) is 11.8 Å². The van der Waals surface area contributed by atoms with Gasteiger partial charge in [-0.3, -0.25) is 0 Å². The van der Waals surface area contributed by atoms with Crippen molar-refractivity contribution in [2.45, 2.75) is 36.4 Å². The molecule has 3 heteroatoms. The minimum atomic E-state index is 0.248. The highest BCUT2D eigenvalue weighted by molar-refractivity contribution is 7.98. The quantitative estimate of drug-likeness (QED) is 0.821. The summed E-state index contributed by atoms with van der Waals surface area (Å²) in [7, 11) is 0. The Morgan fingerprint density at radius 1 is 1.31 bits per heavy atom. The van der Waals surface area contributed by atoms with E-state index in [9.17, 15) is 0 Å². The van der Waals surface area contributed by atoms with Gasteiger partial charge in [-0.1, -0.05) is 12.1 Å². The number of hydrogen-bond acceptors (Lipinski definition) is 3. The van der Waals surface area contributed by atoms with E-state index in [1.165, 1.54) is 16.9 Å². The number of ether oxygens (including phenoxy) is 1. The van der Waals surface area contributed by atoms with Crippen molar-refractivity contribution in [2.24, 2.45) is 5.73 Å². The molecule has 2 rings (SSSR count). The van der Waals surface area contributed by atoms with E-state index >= 15 is 0 Å². The van der Waals surface area contributed by atoms with Crippen molar-refractivity contribution < 1.29 is 4.74 Å². The Morgan fingerprint density at radius 3 is 2.69 bits per heavy atom. The van der Waals surface area contributed by atoms with Gasteiger partial charge < -0.3 is 10.5 Å². The Labute approximate surface area is 102 Å². The van der Waals surface area contributed by atoms with Gasteiger partial charge in [-0.15, -0.1) is 11.8 Å². The number of hydrogen-bond donors (Lipinski definition) is 1. The van der Waals surface area contributed by atoms with Crippen LogP contribution in [0.1, 0.15) is 30.9 Å². The van der Waals surface area contributed by atoms with Gasteiger partial charge in [0, 0.05) is 11.4 Å². The van der Waals surface area contributed by atoms with E-state index in [0.29, 0.717) is 6.54 Å². The second-order valence-corrected chi connectivity index (χ2v) is 5.07. The molecule has 2 atom stereocenters. The summed E-state index contributed by atoms with van der Waals surface area (Å²) in [5, 5.41) is 0. The van der Waals surface area contributed by atoms with Gasteiger partial charge in [-0.25, -0.2) is 0 Å². The maximum absolute atomic E-state index is 5.96. The summed E-state index contributed by atoms with van der Waals surface area (Å²) in [4.78, 5) is 1.30. The summed E-state index contributed by atoms with van der Waals surface area (Å²) >= 11 is 1.77. The third-order valence-corrected chi connectivity index (χ3v) is 3.84. The van der Waals surface area contributed by atoms with Gasteiger partial charge in [-0.05, 0) is 43.2 Å². The summed E-state index contributed by atoms with van der Waals surface area (Å²) in [6, 6.07) is 8.68. The maximum atomic E-state index is 5.96. The van der Waals surface area contributed by atoms with Gasteiger partial charge in [0.15, 0.2) is 0 Å². The molecule has 2 nitrogen and oxygen atoms in total. The first-order chi connectivity index (χ1) is 7.83. The molecular weight excluding hydrogens is 218 g/mol. The molecule has 0 amide bonds. The first-order valence-corrected chi connectivity index (χ1v) is 7.05. The number of benzene rings is 1. The van der Waals surface area contributed by atoms with Crippen molar-refractivity contribution in [1.82, 2.24) is 0 Å². The zero-order valence-electron chi connectivity index (χ0n) is 9.69. The normalized spacial score (nSPS) is 25.6. The average molecular weight is 237 g/mol. The van der Waals surface area contributed by atoms with Crippen molar-refractivity contribution in [3.05, 3.63) is 29.8 Å². The van der Waals surface area contributed by atoms with Gasteiger partial charge in [0.25, 0.3) is 0 Å². The van der Waals surface area contributed by atoms with Crippen LogP contribution in [-0.4, -0.2) is 18.9 Å². The first kappa shape index (κ1) is 12.0. The van der Waals surface area contributed by atoms with Crippen LogP contribution in [0.3, 0.4) is 0 Å². The van der Waals surface area contributed by atoms with Gasteiger partial charge in [-0.2, -0.15) is 0 Å². The smallest absolute Gasteiger partial charge is 0.0829 e. The largest absolute Gasteiger partial charge is 0.369 e. The highest BCUT2D eigenvalue weighted by atomic mass is 32.2. The lowest BCUT2D eigenvalue weighted by atomic mass is 9.98. The van der Waals surface area contributed by atoms with Crippen LogP contribution in [0.4, 0.5) is 0 Å². The SMILES string of the molecule is CSc1ccc([C@@H]2CCC[C@H](CN)O2)cc1. The van der Waals surface area contributed by atoms with Gasteiger partial charge in [0.1, 0.15) is 0 Å². The first-order valence-electron chi connectivity index (χ1n) is 5.83. The Hall–Kier alpha value is -0.510. The lowest BCUT2D eigenvalue weighted by molar-refractivity contribution is -0.0462. The molecule has 0 aromatic heterocycles. The van der Waals surface area contributed by atoms with E-state index < -0.39 is 0 Å². The molecular formula is C13H19NOS. The molecule has 1 heterocycles. The molecule has 1 aliphatic heterocycles. The van der Waals surface area contributed by atoms with Crippen LogP contribution >= 0.6 is 11.8 Å². The molecule has 0 radical (unpaired) electrons. The molecule has 1 aromatic rings. The summed E-state index contributed by atoms with van der Waals surface area (Å²) in [5.41, 5.74) is 6.95. The van der Waals surface area contributed by atoms with Crippen LogP contribution in [0.2, 0.25) is 0 Å². The van der Waals surface area contributed by atoms with Crippen molar-refractivity contribution in [3.8, 4) is 0 Å². The molecule has 0 bridgehead atoms. The topological polar surface area (TPSA) is 35.2 Å². The number of nitrogens with two attached hydrogens (primary N) is 1. The van der Waals surface area contributed by atoms with E-state index in [-0.39, 0.29) is 12.2 Å². The van der Waals surface area contributed by atoms with E-state index in [2.05, 4.69) is 30.5 Å². The fourth-order valence-electron chi connectivity index (χ4n) is 2.14. The summed E-state index contributed by atoms with van der Waals surface area (Å²) < 4.78 is 5.96. The van der Waals surface area contributed by atoms with Crippen LogP contribution in [0.25, 0.3) is 0 Å². The second-order valence-electron chi connectivity index (χ2n) is 4.19. The van der Waals surface area contributed by atoms with Crippen molar-refractivity contribution in [3.63, 3.8) is 0 Å². The van der Waals surface area contributed by atoms with Crippen molar-refractivity contribution in [2.75, 3.05) is 12.8 Å². The van der Waals surface area contributed by atoms with Crippen LogP contribution in [-0.2, 0) is 4.74 Å². The Morgan fingerprint density at radius 2 is 2.06 bits per heavy atom. The van der Waals surface area contributed by atoms with E-state index in [1.807, 2.05) is 0 Å². The van der Waals surface area contributed by atoms with Crippen LogP contribution < -0.4 is 5.73 Å². The zero-order valence-corrected chi connectivity index (χ0v) is 10.5. The minimum Gasteiger partial charge on any atom is -0.369 e. The molecule has 0 unspecified atom stereocenters. The zero-order chi connectivity index (χ0) is 11.4. The standard InChI is InChI=1S/C13H19NOS/c1-16-12-7-5-10(6-8-12)13-4-2-3-11(9-14)15-13/h5-8,11,13H,2-4,9,14H2,1H3/t11-,13+/m1/s1. The average Bonchev–Trinajstić information content (AvgIpc) is 2.39. The Balaban J connectivity index is 2.05. The molecule has 1 fully saturated rings. The maximum Gasteiger partial charge on any atom is 0.0829 e. The number of thioether (sulfide) groups is 1.